The van der Waals surface area contributed by atoms with Crippen LogP contribution in [0.3, 0.4) is 0 Å². The Labute approximate surface area is 454 Å². The molecule has 0 aromatic heterocycles. The molecule has 23 heteroatoms. The number of nitrogens with zero attached hydrogens (tertiary/aromatic N) is 1. The van der Waals surface area contributed by atoms with Gasteiger partial charge in [0.1, 0.15) is 26.8 Å². The summed E-state index contributed by atoms with van der Waals surface area (Å²) in [6.07, 6.45) is 7.46. The average molecular weight is 1000 g/mol. The molecular formula is C40H54F3K2N3O12S3. The van der Waals surface area contributed by atoms with Gasteiger partial charge in [-0.05, 0) is 82.3 Å². The van der Waals surface area contributed by atoms with E-state index < -0.39 is 64.0 Å². The van der Waals surface area contributed by atoms with Crippen molar-refractivity contribution in [2.75, 3.05) is 25.4 Å². The molecule has 0 radical (unpaired) electrons. The van der Waals surface area contributed by atoms with E-state index in [0.29, 0.717) is 61.3 Å². The summed E-state index contributed by atoms with van der Waals surface area (Å²) >= 11 is 0. The largest absolute Gasteiger partial charge is 1.00 e. The number of halogens is 3. The average Bonchev–Trinajstić information content (AvgIpc) is 3.35. The number of carboxylic acids is 1. The second kappa shape index (κ2) is 27.3. The van der Waals surface area contributed by atoms with E-state index in [1.807, 2.05) is 44.4 Å². The van der Waals surface area contributed by atoms with E-state index in [9.17, 15) is 56.9 Å². The summed E-state index contributed by atoms with van der Waals surface area (Å²) in [7, 11) is -14.0. The molecule has 0 atom stereocenters. The second-order valence-corrected chi connectivity index (χ2v) is 19.8. The number of unbranched alkanes of at least 4 members (excludes halogenated alkanes) is 5. The summed E-state index contributed by atoms with van der Waals surface area (Å²) in [5, 5.41) is 10.1. The minimum absolute atomic E-state index is 0. The van der Waals surface area contributed by atoms with Crippen LogP contribution >= 0.6 is 0 Å². The number of rotatable bonds is 22. The zero-order chi connectivity index (χ0) is 46.5. The summed E-state index contributed by atoms with van der Waals surface area (Å²) in [5.41, 5.74) is 7.23. The first-order valence-electron chi connectivity index (χ1n) is 19.4. The third-order valence-electron chi connectivity index (χ3n) is 10.2. The molecule has 2 aromatic rings. The Balaban J connectivity index is 0.00000392. The molecule has 3 rings (SSSR count). The molecule has 0 fully saturated rings. The van der Waals surface area contributed by atoms with Crippen molar-refractivity contribution >= 4 is 53.6 Å². The van der Waals surface area contributed by atoms with E-state index in [1.54, 1.807) is 12.1 Å². The first-order valence-corrected chi connectivity index (χ1v) is 23.8. The number of hydrogen-bond acceptors (Lipinski definition) is 12. The molecule has 0 bridgehead atoms. The third-order valence-corrected chi connectivity index (χ3v) is 12.6. The second-order valence-electron chi connectivity index (χ2n) is 15.5. The third kappa shape index (κ3) is 21.0. The van der Waals surface area contributed by atoms with Gasteiger partial charge in [-0.1, -0.05) is 63.0 Å². The van der Waals surface area contributed by atoms with Crippen molar-refractivity contribution in [1.29, 1.82) is 0 Å². The SMILES string of the molecule is CC(C)(C(=CC=CC1=[N+](CCCS(=O)(=O)[O-])c2ccc(S(=O)(=O)[O-])cc2C1(C)C)CCCCCC(=O)NCCCCCCN)c1cccc(S(=O)(=O)[O-])c1.O=C(O)C(F)(F)F.[K+].[K+]. The summed E-state index contributed by atoms with van der Waals surface area (Å²) < 4.78 is 139. The van der Waals surface area contributed by atoms with E-state index in [2.05, 4.69) is 5.32 Å². The molecule has 1 aliphatic heterocycles. The topological polar surface area (TPSA) is 267 Å². The standard InChI is InChI=1S/C38H55N3O10S3.C2HF3O2.2K/c1-37(2,30-17-12-18-31(27-30)53(46,47)48)29(15-8-7-9-20-36(42)40-24-11-6-5-10-23-39)16-13-19-35-38(3,4)33-28-32(54(49,50)51)21-22-34(33)41(35)25-14-26-52(43,44)45;3-2(4,5)1(6)7;;/h12-13,16-19,21-22,27-28H,5-11,14-15,20,23-26,39H2,1-4H3,(H3-,40,42,43,44,45,46,47,48,49,50,51);(H,6,7);;/q;;2*+1/p-2. The molecule has 15 nitrogen and oxygen atoms in total. The number of carbonyl (C=O) groups is 2. The number of benzene rings is 2. The van der Waals surface area contributed by atoms with Gasteiger partial charge in [-0.3, -0.25) is 4.79 Å². The molecular weight excluding hydrogens is 946 g/mol. The Bertz CT molecular complexity index is 2300. The van der Waals surface area contributed by atoms with Crippen molar-refractivity contribution in [3.05, 3.63) is 77.4 Å². The molecule has 0 aliphatic carbocycles. The number of fused-ring (bicyclic) bond motifs is 1. The van der Waals surface area contributed by atoms with Crippen molar-refractivity contribution in [1.82, 2.24) is 5.32 Å². The van der Waals surface area contributed by atoms with Crippen LogP contribution in [0.5, 0.6) is 0 Å². The molecule has 1 amide bonds. The van der Waals surface area contributed by atoms with Crippen LogP contribution in [0.15, 0.2) is 76.1 Å². The molecule has 2 aromatic carbocycles. The molecule has 0 spiro atoms. The van der Waals surface area contributed by atoms with Gasteiger partial charge in [0.15, 0.2) is 5.71 Å². The molecule has 4 N–H and O–H groups in total. The van der Waals surface area contributed by atoms with Gasteiger partial charge in [-0.2, -0.15) is 17.7 Å². The summed E-state index contributed by atoms with van der Waals surface area (Å²) in [5.74, 6) is -3.36. The normalized spacial score (nSPS) is 14.3. The minimum Gasteiger partial charge on any atom is -0.748 e. The number of amides is 1. The number of carboxylic acid groups (broad SMARTS) is 1. The number of carbonyl (C=O) groups excluding carboxylic acids is 1. The first-order chi connectivity index (χ1) is 28.0. The summed E-state index contributed by atoms with van der Waals surface area (Å²) in [6, 6.07) is 9.93. The number of allylic oxidation sites excluding steroid dienone is 4. The van der Waals surface area contributed by atoms with E-state index in [-0.39, 0.29) is 127 Å². The fourth-order valence-electron chi connectivity index (χ4n) is 6.75. The number of hydrogen-bond donors (Lipinski definition) is 3. The number of nitrogens with two attached hydrogens (primary N) is 1. The maximum atomic E-state index is 12.4. The van der Waals surface area contributed by atoms with Crippen molar-refractivity contribution in [2.24, 2.45) is 5.73 Å². The molecule has 0 saturated carbocycles. The maximum Gasteiger partial charge on any atom is 1.00 e. The minimum atomic E-state index is -5.08. The van der Waals surface area contributed by atoms with E-state index >= 15 is 0 Å². The van der Waals surface area contributed by atoms with Gasteiger partial charge in [-0.15, -0.1) is 0 Å². The van der Waals surface area contributed by atoms with Crippen molar-refractivity contribution < 1.29 is 174 Å². The number of nitrogens with one attached hydrogen (secondary N) is 1. The molecule has 0 unspecified atom stereocenters. The van der Waals surface area contributed by atoms with Crippen LogP contribution in [0.25, 0.3) is 0 Å². The predicted molar refractivity (Wildman–Crippen MR) is 218 cm³/mol. The van der Waals surface area contributed by atoms with Crippen molar-refractivity contribution in [3.8, 4) is 0 Å². The van der Waals surface area contributed by atoms with Gasteiger partial charge in [-0.25, -0.2) is 30.0 Å². The zero-order valence-electron chi connectivity index (χ0n) is 36.5. The summed E-state index contributed by atoms with van der Waals surface area (Å²) in [4.78, 5) is 20.5. The molecule has 1 aliphatic rings. The van der Waals surface area contributed by atoms with Crippen molar-refractivity contribution in [3.63, 3.8) is 0 Å². The number of alkyl halides is 3. The van der Waals surface area contributed by atoms with Gasteiger partial charge < -0.3 is 29.8 Å². The van der Waals surface area contributed by atoms with E-state index in [4.69, 9.17) is 15.6 Å². The van der Waals surface area contributed by atoms with Gasteiger partial charge in [0, 0.05) is 48.3 Å². The molecule has 63 heavy (non-hydrogen) atoms. The quantitative estimate of drug-likeness (QED) is 0.0442. The van der Waals surface area contributed by atoms with Crippen LogP contribution < -0.4 is 114 Å². The van der Waals surface area contributed by atoms with E-state index in [0.717, 1.165) is 37.7 Å². The van der Waals surface area contributed by atoms with Crippen LogP contribution in [0, 0.1) is 0 Å². The Kier molecular flexibility index (Phi) is 27.0. The van der Waals surface area contributed by atoms with Crippen LogP contribution in [0.2, 0.25) is 0 Å². The van der Waals surface area contributed by atoms with Crippen molar-refractivity contribution in [2.45, 2.75) is 119 Å². The van der Waals surface area contributed by atoms with Crippen LogP contribution in [0.4, 0.5) is 18.9 Å². The Hall–Kier alpha value is -0.717. The van der Waals surface area contributed by atoms with Gasteiger partial charge in [0.25, 0.3) is 0 Å². The fraction of sp³-hybridized carbons (Fsp3) is 0.525. The van der Waals surface area contributed by atoms with Gasteiger partial charge in [0.05, 0.1) is 25.3 Å². The Morgan fingerprint density at radius 2 is 1.38 bits per heavy atom. The zero-order valence-corrected chi connectivity index (χ0v) is 45.2. The Morgan fingerprint density at radius 3 is 1.94 bits per heavy atom. The van der Waals surface area contributed by atoms with Crippen LogP contribution in [-0.4, -0.2) is 97.7 Å². The van der Waals surface area contributed by atoms with Crippen LogP contribution in [0.1, 0.15) is 103 Å². The Morgan fingerprint density at radius 1 is 0.825 bits per heavy atom. The monoisotopic (exact) mass is 999 g/mol. The number of aliphatic carboxylic acids is 1. The smallest absolute Gasteiger partial charge is 0.748 e. The van der Waals surface area contributed by atoms with Gasteiger partial charge in [0.2, 0.25) is 11.6 Å². The first kappa shape index (κ1) is 62.3. The molecule has 0 saturated heterocycles. The maximum absolute atomic E-state index is 12.4. The fourth-order valence-corrected chi connectivity index (χ4v) is 8.25. The molecule has 1 heterocycles. The predicted octanol–water partition coefficient (Wildman–Crippen LogP) is -0.506. The van der Waals surface area contributed by atoms with Gasteiger partial charge >= 0.3 is 115 Å². The van der Waals surface area contributed by atoms with E-state index in [1.165, 1.54) is 36.4 Å². The molecule has 342 valence electrons. The van der Waals surface area contributed by atoms with Crippen LogP contribution in [-0.2, 0) is 50.8 Å². The summed E-state index contributed by atoms with van der Waals surface area (Å²) in [6.45, 7) is 8.96.